The van der Waals surface area contributed by atoms with Crippen LogP contribution in [-0.2, 0) is 10.0 Å². The molecule has 0 atom stereocenters. The molecule has 13 heavy (non-hydrogen) atoms. The Hall–Kier alpha value is -1.25. The molecule has 0 bridgehead atoms. The third kappa shape index (κ3) is 1.07. The lowest BCUT2D eigenvalue weighted by molar-refractivity contribution is -0.116. The van der Waals surface area contributed by atoms with Crippen molar-refractivity contribution in [3.05, 3.63) is 23.4 Å². The average Bonchev–Trinajstić information content (AvgIpc) is 2.27. The number of anilines is 1. The highest BCUT2D eigenvalue weighted by Crippen LogP contribution is 2.31. The van der Waals surface area contributed by atoms with Crippen molar-refractivity contribution in [2.75, 3.05) is 5.32 Å². The van der Waals surface area contributed by atoms with Crippen LogP contribution in [0.25, 0.3) is 0 Å². The smallest absolute Gasteiger partial charge is 0.218 e. The average molecular weight is 168 g/mol. The van der Waals surface area contributed by atoms with E-state index in [0.717, 1.165) is 5.56 Å². The Bertz CT molecular complexity index is 390. The van der Waals surface area contributed by atoms with Crippen LogP contribution >= 0.6 is 0 Å². The highest BCUT2D eigenvalue weighted by atomic mass is 16.2. The summed E-state index contributed by atoms with van der Waals surface area (Å²) in [4.78, 5) is 15.3. The molecule has 60 valence electrons. The zero-order chi connectivity index (χ0) is 9.64. The van der Waals surface area contributed by atoms with Crippen LogP contribution in [-0.4, -0.2) is 26.6 Å². The standard InChI is InChI=1S/C8H6B2N2O/c1-4-2-5-6(11-3-4)12-7(13)8(5,9)10/h2-3H,1H3,(H,11,12,13). The lowest BCUT2D eigenvalue weighted by atomic mass is 9.52. The van der Waals surface area contributed by atoms with Crippen molar-refractivity contribution in [1.82, 2.24) is 4.98 Å². The van der Waals surface area contributed by atoms with Crippen molar-refractivity contribution in [3.63, 3.8) is 0 Å². The van der Waals surface area contributed by atoms with Gasteiger partial charge in [0.15, 0.2) is 0 Å². The molecule has 1 aliphatic heterocycles. The van der Waals surface area contributed by atoms with E-state index in [1.165, 1.54) is 0 Å². The summed E-state index contributed by atoms with van der Waals surface area (Å²) in [6.45, 7) is 1.87. The molecule has 1 aliphatic rings. The summed E-state index contributed by atoms with van der Waals surface area (Å²) in [5, 5.41) is 1.08. The number of amides is 1. The van der Waals surface area contributed by atoms with Gasteiger partial charge in [-0.05, 0) is 18.1 Å². The van der Waals surface area contributed by atoms with Crippen LogP contribution in [0, 0.1) is 6.92 Å². The van der Waals surface area contributed by atoms with Gasteiger partial charge in [-0.1, -0.05) is 6.07 Å². The van der Waals surface area contributed by atoms with Crippen LogP contribution < -0.4 is 5.32 Å². The number of carbonyl (C=O) groups excluding carboxylic acids is 1. The van der Waals surface area contributed by atoms with E-state index < -0.39 is 11.1 Å². The molecule has 2 heterocycles. The molecule has 0 saturated heterocycles. The topological polar surface area (TPSA) is 42.0 Å². The van der Waals surface area contributed by atoms with Gasteiger partial charge in [-0.25, -0.2) is 4.98 Å². The SMILES string of the molecule is [B]C1([B])C(=O)Nc2ncc(C)cc21. The second kappa shape index (κ2) is 2.37. The van der Waals surface area contributed by atoms with Gasteiger partial charge >= 0.3 is 0 Å². The molecule has 1 N–H and O–H groups in total. The van der Waals surface area contributed by atoms with E-state index in [-0.39, 0.29) is 0 Å². The number of nitrogens with zero attached hydrogens (tertiary/aromatic N) is 1. The number of hydrogen-bond donors (Lipinski definition) is 1. The molecule has 1 amide bonds. The van der Waals surface area contributed by atoms with Crippen molar-refractivity contribution < 1.29 is 4.79 Å². The largest absolute Gasteiger partial charge is 0.311 e. The Morgan fingerprint density at radius 2 is 2.23 bits per heavy atom. The molecule has 0 saturated carbocycles. The second-order valence-corrected chi connectivity index (χ2v) is 3.23. The van der Waals surface area contributed by atoms with Gasteiger partial charge in [-0.2, -0.15) is 0 Å². The van der Waals surface area contributed by atoms with Crippen molar-refractivity contribution in [2.45, 2.75) is 12.1 Å². The number of nitrogens with one attached hydrogen (secondary N) is 1. The first kappa shape index (κ1) is 8.35. The van der Waals surface area contributed by atoms with E-state index in [9.17, 15) is 4.79 Å². The minimum atomic E-state index is -1.44. The fraction of sp³-hybridized carbons (Fsp3) is 0.250. The van der Waals surface area contributed by atoms with Gasteiger partial charge in [-0.3, -0.25) is 4.79 Å². The number of aromatic nitrogens is 1. The summed E-state index contributed by atoms with van der Waals surface area (Å²) in [5.41, 5.74) is 1.48. The predicted octanol–water partition coefficient (Wildman–Crippen LogP) is -0.168. The number of carbonyl (C=O) groups is 1. The number of hydrogen-bond acceptors (Lipinski definition) is 2. The number of pyridine rings is 1. The van der Waals surface area contributed by atoms with E-state index in [1.54, 1.807) is 12.3 Å². The molecular formula is C8H6B2N2O. The number of rotatable bonds is 0. The molecule has 0 aliphatic carbocycles. The van der Waals surface area contributed by atoms with Crippen LogP contribution in [0.2, 0.25) is 0 Å². The first-order valence-electron chi connectivity index (χ1n) is 3.88. The van der Waals surface area contributed by atoms with E-state index in [0.29, 0.717) is 11.4 Å². The summed E-state index contributed by atoms with van der Waals surface area (Å²) >= 11 is 0. The molecule has 0 spiro atoms. The lowest BCUT2D eigenvalue weighted by Crippen LogP contribution is -2.35. The molecule has 5 heteroatoms. The predicted molar refractivity (Wildman–Crippen MR) is 50.8 cm³/mol. The Labute approximate surface area is 78.8 Å². The molecule has 4 radical (unpaired) electrons. The highest BCUT2D eigenvalue weighted by molar-refractivity contribution is 6.54. The summed E-state index contributed by atoms with van der Waals surface area (Å²) in [6.07, 6.45) is 1.65. The second-order valence-electron chi connectivity index (χ2n) is 3.23. The van der Waals surface area contributed by atoms with Gasteiger partial charge in [0.25, 0.3) is 0 Å². The minimum Gasteiger partial charge on any atom is -0.311 e. The van der Waals surface area contributed by atoms with Gasteiger partial charge < -0.3 is 5.32 Å². The van der Waals surface area contributed by atoms with E-state index in [2.05, 4.69) is 10.3 Å². The zero-order valence-electron chi connectivity index (χ0n) is 7.16. The molecular weight excluding hydrogens is 162 g/mol. The van der Waals surface area contributed by atoms with Crippen LogP contribution in [0.1, 0.15) is 11.1 Å². The van der Waals surface area contributed by atoms with Crippen molar-refractivity contribution >= 4 is 27.4 Å². The van der Waals surface area contributed by atoms with Gasteiger partial charge in [0.05, 0.1) is 15.7 Å². The van der Waals surface area contributed by atoms with Crippen molar-refractivity contribution in [1.29, 1.82) is 0 Å². The Morgan fingerprint density at radius 3 is 2.92 bits per heavy atom. The normalized spacial score (nSPS) is 18.1. The van der Waals surface area contributed by atoms with E-state index in [4.69, 9.17) is 15.7 Å². The van der Waals surface area contributed by atoms with Crippen molar-refractivity contribution in [3.8, 4) is 0 Å². The van der Waals surface area contributed by atoms with Crippen LogP contribution in [0.4, 0.5) is 5.82 Å². The van der Waals surface area contributed by atoms with E-state index >= 15 is 0 Å². The van der Waals surface area contributed by atoms with Gasteiger partial charge in [-0.15, -0.1) is 0 Å². The van der Waals surface area contributed by atoms with Crippen molar-refractivity contribution in [2.24, 2.45) is 0 Å². The molecule has 1 aromatic heterocycles. The quantitative estimate of drug-likeness (QED) is 0.546. The maximum absolute atomic E-state index is 11.3. The molecule has 1 aromatic rings. The van der Waals surface area contributed by atoms with Crippen LogP contribution in [0.3, 0.4) is 0 Å². The van der Waals surface area contributed by atoms with E-state index in [1.807, 2.05) is 6.92 Å². The molecule has 3 nitrogen and oxygen atoms in total. The highest BCUT2D eigenvalue weighted by Gasteiger charge is 2.37. The fourth-order valence-corrected chi connectivity index (χ4v) is 1.32. The maximum atomic E-state index is 11.3. The Morgan fingerprint density at radius 1 is 1.54 bits per heavy atom. The van der Waals surface area contributed by atoms with Gasteiger partial charge in [0.2, 0.25) is 5.91 Å². The first-order valence-corrected chi connectivity index (χ1v) is 3.88. The third-order valence-electron chi connectivity index (χ3n) is 2.08. The monoisotopic (exact) mass is 168 g/mol. The van der Waals surface area contributed by atoms with Crippen LogP contribution in [0.5, 0.6) is 0 Å². The molecule has 0 fully saturated rings. The Kier molecular flexibility index (Phi) is 1.52. The third-order valence-corrected chi connectivity index (χ3v) is 2.08. The summed E-state index contributed by atoms with van der Waals surface area (Å²) in [7, 11) is 11.3. The molecule has 2 rings (SSSR count). The zero-order valence-corrected chi connectivity index (χ0v) is 7.16. The van der Waals surface area contributed by atoms with Gasteiger partial charge in [0.1, 0.15) is 5.82 Å². The summed E-state index contributed by atoms with van der Waals surface area (Å²) in [6, 6.07) is 1.76. The Balaban J connectivity index is 2.64. The molecule has 0 unspecified atom stereocenters. The summed E-state index contributed by atoms with van der Waals surface area (Å²) < 4.78 is 0. The van der Waals surface area contributed by atoms with Gasteiger partial charge in [0, 0.05) is 11.4 Å². The molecule has 0 aromatic carbocycles. The fourth-order valence-electron chi connectivity index (χ4n) is 1.32. The number of fused-ring (bicyclic) bond motifs is 1. The summed E-state index contributed by atoms with van der Waals surface area (Å²) in [5.74, 6) is 0.0428. The maximum Gasteiger partial charge on any atom is 0.218 e. The number of aryl methyl sites for hydroxylation is 1. The lowest BCUT2D eigenvalue weighted by Gasteiger charge is -2.15. The van der Waals surface area contributed by atoms with Crippen LogP contribution in [0.15, 0.2) is 12.3 Å². The minimum absolute atomic E-state index is 0.416. The first-order chi connectivity index (χ1) is 6.01.